The predicted molar refractivity (Wildman–Crippen MR) is 133 cm³/mol. The number of nitrogens with zero attached hydrogens (tertiary/aromatic N) is 4. The minimum Gasteiger partial charge on any atom is -0.493 e. The van der Waals surface area contributed by atoms with Gasteiger partial charge in [-0.3, -0.25) is 19.5 Å². The summed E-state index contributed by atoms with van der Waals surface area (Å²) >= 11 is 1.27. The maximum Gasteiger partial charge on any atom is 0.292 e. The number of hydrogen-bond acceptors (Lipinski definition) is 8. The number of benzene rings is 2. The van der Waals surface area contributed by atoms with E-state index in [1.165, 1.54) is 30.3 Å². The highest BCUT2D eigenvalue weighted by Gasteiger charge is 2.25. The SMILES string of the molecule is COc1ccc(-c2nnc(SCC(=O)Nc3ccccc3[N+](=O)[O-])n2C2CCCCC2)cc1OC. The quantitative estimate of drug-likeness (QED) is 0.246. The molecule has 10 nitrogen and oxygen atoms in total. The molecule has 0 saturated heterocycles. The molecular formula is C24H27N5O5S. The van der Waals surface area contributed by atoms with Crippen molar-refractivity contribution in [1.29, 1.82) is 0 Å². The fourth-order valence-corrected chi connectivity index (χ4v) is 5.08. The fourth-order valence-electron chi connectivity index (χ4n) is 4.27. The van der Waals surface area contributed by atoms with Crippen LogP contribution in [0.3, 0.4) is 0 Å². The molecule has 1 aliphatic carbocycles. The van der Waals surface area contributed by atoms with Crippen LogP contribution in [0.15, 0.2) is 47.6 Å². The van der Waals surface area contributed by atoms with Crippen LogP contribution in [0.4, 0.5) is 11.4 Å². The van der Waals surface area contributed by atoms with E-state index in [1.54, 1.807) is 26.4 Å². The van der Waals surface area contributed by atoms with Crippen molar-refractivity contribution < 1.29 is 19.2 Å². The third-order valence-corrected chi connectivity index (χ3v) is 6.90. The van der Waals surface area contributed by atoms with Crippen molar-refractivity contribution in [2.24, 2.45) is 0 Å². The molecule has 11 heteroatoms. The molecule has 1 aromatic heterocycles. The number of anilines is 1. The third-order valence-electron chi connectivity index (χ3n) is 5.95. The van der Waals surface area contributed by atoms with Crippen LogP contribution in [0.25, 0.3) is 11.4 Å². The van der Waals surface area contributed by atoms with Gasteiger partial charge < -0.3 is 14.8 Å². The van der Waals surface area contributed by atoms with Crippen LogP contribution in [0.5, 0.6) is 11.5 Å². The molecule has 2 aromatic carbocycles. The van der Waals surface area contributed by atoms with Gasteiger partial charge in [0.15, 0.2) is 22.5 Å². The second-order valence-electron chi connectivity index (χ2n) is 8.15. The molecule has 1 fully saturated rings. The van der Waals surface area contributed by atoms with E-state index in [9.17, 15) is 14.9 Å². The van der Waals surface area contributed by atoms with E-state index < -0.39 is 4.92 Å². The normalized spacial score (nSPS) is 13.9. The number of rotatable bonds is 9. The van der Waals surface area contributed by atoms with E-state index in [-0.39, 0.29) is 29.1 Å². The first-order valence-electron chi connectivity index (χ1n) is 11.3. The van der Waals surface area contributed by atoms with Gasteiger partial charge in [0.25, 0.3) is 5.69 Å². The van der Waals surface area contributed by atoms with Crippen LogP contribution in [-0.2, 0) is 4.79 Å². The summed E-state index contributed by atoms with van der Waals surface area (Å²) in [4.78, 5) is 23.4. The molecule has 0 spiro atoms. The molecule has 1 amide bonds. The summed E-state index contributed by atoms with van der Waals surface area (Å²) in [5.74, 6) is 1.63. The zero-order chi connectivity index (χ0) is 24.8. The van der Waals surface area contributed by atoms with Crippen molar-refractivity contribution in [2.75, 3.05) is 25.3 Å². The number of nitrogens with one attached hydrogen (secondary N) is 1. The molecule has 0 bridgehead atoms. The molecule has 4 rings (SSSR count). The number of para-hydroxylation sites is 2. The summed E-state index contributed by atoms with van der Waals surface area (Å²) in [6, 6.07) is 11.9. The largest absolute Gasteiger partial charge is 0.493 e. The summed E-state index contributed by atoms with van der Waals surface area (Å²) in [5.41, 5.74) is 0.867. The summed E-state index contributed by atoms with van der Waals surface area (Å²) in [5, 5.41) is 23.4. The molecule has 0 unspecified atom stereocenters. The standard InChI is InChI=1S/C24H27N5O5S/c1-33-20-13-12-16(14-21(20)34-2)23-26-27-24(28(23)17-8-4-3-5-9-17)35-15-22(30)25-18-10-6-7-11-19(18)29(31)32/h6-7,10-14,17H,3-5,8-9,15H2,1-2H3,(H,25,30). The molecule has 1 aliphatic rings. The van der Waals surface area contributed by atoms with Crippen LogP contribution < -0.4 is 14.8 Å². The molecule has 1 heterocycles. The Morgan fingerprint density at radius 3 is 2.57 bits per heavy atom. The lowest BCUT2D eigenvalue weighted by Crippen LogP contribution is -2.18. The van der Waals surface area contributed by atoms with Crippen molar-refractivity contribution in [3.8, 4) is 22.9 Å². The van der Waals surface area contributed by atoms with Gasteiger partial charge in [-0.15, -0.1) is 10.2 Å². The Bertz CT molecular complexity index is 1210. The van der Waals surface area contributed by atoms with Gasteiger partial charge in [-0.05, 0) is 37.1 Å². The zero-order valence-corrected chi connectivity index (χ0v) is 20.4. The number of amides is 1. The second kappa shape index (κ2) is 11.2. The lowest BCUT2D eigenvalue weighted by atomic mass is 9.95. The lowest BCUT2D eigenvalue weighted by molar-refractivity contribution is -0.383. The highest BCUT2D eigenvalue weighted by molar-refractivity contribution is 7.99. The number of ether oxygens (including phenoxy) is 2. The summed E-state index contributed by atoms with van der Waals surface area (Å²) in [6.07, 6.45) is 5.46. The highest BCUT2D eigenvalue weighted by atomic mass is 32.2. The van der Waals surface area contributed by atoms with E-state index in [0.717, 1.165) is 31.2 Å². The lowest BCUT2D eigenvalue weighted by Gasteiger charge is -2.25. The smallest absolute Gasteiger partial charge is 0.292 e. The molecular weight excluding hydrogens is 470 g/mol. The molecule has 35 heavy (non-hydrogen) atoms. The third kappa shape index (κ3) is 5.56. The Hall–Kier alpha value is -3.60. The van der Waals surface area contributed by atoms with Crippen molar-refractivity contribution in [1.82, 2.24) is 14.8 Å². The molecule has 0 atom stereocenters. The number of hydrogen-bond donors (Lipinski definition) is 1. The van der Waals surface area contributed by atoms with Gasteiger partial charge in [0.05, 0.1) is 24.9 Å². The van der Waals surface area contributed by atoms with Gasteiger partial charge in [0, 0.05) is 17.7 Å². The van der Waals surface area contributed by atoms with Gasteiger partial charge in [-0.1, -0.05) is 43.2 Å². The van der Waals surface area contributed by atoms with Crippen molar-refractivity contribution >= 4 is 29.0 Å². The van der Waals surface area contributed by atoms with E-state index in [1.807, 2.05) is 18.2 Å². The van der Waals surface area contributed by atoms with Gasteiger partial charge in [0.1, 0.15) is 5.69 Å². The maximum atomic E-state index is 12.6. The minimum atomic E-state index is -0.516. The molecule has 184 valence electrons. The van der Waals surface area contributed by atoms with Crippen LogP contribution in [0.1, 0.15) is 38.1 Å². The number of carbonyl (C=O) groups excluding carboxylic acids is 1. The number of aromatic nitrogens is 3. The van der Waals surface area contributed by atoms with E-state index in [2.05, 4.69) is 20.1 Å². The summed E-state index contributed by atoms with van der Waals surface area (Å²) < 4.78 is 12.9. The van der Waals surface area contributed by atoms with Gasteiger partial charge in [0.2, 0.25) is 5.91 Å². The van der Waals surface area contributed by atoms with E-state index >= 15 is 0 Å². The second-order valence-corrected chi connectivity index (χ2v) is 9.09. The Morgan fingerprint density at radius 1 is 1.11 bits per heavy atom. The average Bonchev–Trinajstić information content (AvgIpc) is 3.31. The summed E-state index contributed by atoms with van der Waals surface area (Å²) in [7, 11) is 3.18. The number of methoxy groups -OCH3 is 2. The topological polar surface area (TPSA) is 121 Å². The van der Waals surface area contributed by atoms with Gasteiger partial charge in [-0.25, -0.2) is 0 Å². The average molecular weight is 498 g/mol. The molecule has 0 aliphatic heterocycles. The van der Waals surface area contributed by atoms with Crippen LogP contribution in [-0.4, -0.2) is 45.6 Å². The van der Waals surface area contributed by atoms with Gasteiger partial charge in [-0.2, -0.15) is 0 Å². The summed E-state index contributed by atoms with van der Waals surface area (Å²) in [6.45, 7) is 0. The first kappa shape index (κ1) is 24.5. The Balaban J connectivity index is 1.58. The first-order chi connectivity index (χ1) is 17.0. The van der Waals surface area contributed by atoms with Crippen LogP contribution in [0, 0.1) is 10.1 Å². The number of nitro groups is 1. The minimum absolute atomic E-state index is 0.0445. The van der Waals surface area contributed by atoms with E-state index in [0.29, 0.717) is 22.5 Å². The number of carbonyl (C=O) groups is 1. The highest BCUT2D eigenvalue weighted by Crippen LogP contribution is 2.38. The fraction of sp³-hybridized carbons (Fsp3) is 0.375. The van der Waals surface area contributed by atoms with Crippen molar-refractivity contribution in [3.63, 3.8) is 0 Å². The van der Waals surface area contributed by atoms with Crippen molar-refractivity contribution in [3.05, 3.63) is 52.6 Å². The van der Waals surface area contributed by atoms with Gasteiger partial charge >= 0.3 is 0 Å². The van der Waals surface area contributed by atoms with E-state index in [4.69, 9.17) is 9.47 Å². The van der Waals surface area contributed by atoms with Crippen LogP contribution in [0.2, 0.25) is 0 Å². The zero-order valence-electron chi connectivity index (χ0n) is 19.6. The maximum absolute atomic E-state index is 12.6. The number of thioether (sulfide) groups is 1. The molecule has 0 radical (unpaired) electrons. The number of nitro benzene ring substituents is 1. The molecule has 1 N–H and O–H groups in total. The monoisotopic (exact) mass is 497 g/mol. The molecule has 3 aromatic rings. The molecule has 1 saturated carbocycles. The Labute approximate surface area is 207 Å². The van der Waals surface area contributed by atoms with Crippen molar-refractivity contribution in [2.45, 2.75) is 43.3 Å². The Kier molecular flexibility index (Phi) is 7.86. The first-order valence-corrected chi connectivity index (χ1v) is 12.3. The predicted octanol–water partition coefficient (Wildman–Crippen LogP) is 5.11. The van der Waals surface area contributed by atoms with Crippen LogP contribution >= 0.6 is 11.8 Å². The Morgan fingerprint density at radius 2 is 1.86 bits per heavy atom.